The van der Waals surface area contributed by atoms with Crippen LogP contribution in [0.4, 0.5) is 0 Å². The second-order valence-corrected chi connectivity index (χ2v) is 6.54. The molecular formula is C17H30OS. The molecule has 0 rings (SSSR count). The lowest BCUT2D eigenvalue weighted by molar-refractivity contribution is -0.107. The van der Waals surface area contributed by atoms with Crippen molar-refractivity contribution >= 4 is 16.9 Å². The van der Waals surface area contributed by atoms with Gasteiger partial charge in [-0.2, -0.15) is 0 Å². The number of hydrogen-bond acceptors (Lipinski definition) is 2. The number of carbonyl (C=O) groups is 1. The Morgan fingerprint density at radius 2 is 1.74 bits per heavy atom. The molecule has 0 amide bonds. The zero-order chi connectivity index (χ0) is 14.7. The van der Waals surface area contributed by atoms with Crippen LogP contribution in [0.1, 0.15) is 66.2 Å². The van der Waals surface area contributed by atoms with E-state index in [4.69, 9.17) is 0 Å². The standard InChI is InChI=1S/C17H30OS/c1-6-7-8-9-10-11-12-19-17(18)16(5)15(4)13-14(2)3/h13-14H,5-12H2,1-4H3/b15-13+. The maximum Gasteiger partial charge on any atom is 0.219 e. The third-order valence-electron chi connectivity index (χ3n) is 3.04. The Labute approximate surface area is 123 Å². The summed E-state index contributed by atoms with van der Waals surface area (Å²) in [6, 6.07) is 0. The summed E-state index contributed by atoms with van der Waals surface area (Å²) in [6.45, 7) is 12.3. The fourth-order valence-electron chi connectivity index (χ4n) is 1.90. The summed E-state index contributed by atoms with van der Waals surface area (Å²) in [5.74, 6) is 1.40. The largest absolute Gasteiger partial charge is 0.282 e. The molecule has 0 bridgehead atoms. The van der Waals surface area contributed by atoms with Crippen molar-refractivity contribution in [3.05, 3.63) is 23.8 Å². The second kappa shape index (κ2) is 11.3. The first-order chi connectivity index (χ1) is 8.99. The van der Waals surface area contributed by atoms with E-state index in [1.54, 1.807) is 0 Å². The van der Waals surface area contributed by atoms with Gasteiger partial charge in [0.2, 0.25) is 5.12 Å². The van der Waals surface area contributed by atoms with Gasteiger partial charge in [-0.25, -0.2) is 0 Å². The summed E-state index contributed by atoms with van der Waals surface area (Å²) < 4.78 is 0. The van der Waals surface area contributed by atoms with Gasteiger partial charge in [0.15, 0.2) is 0 Å². The van der Waals surface area contributed by atoms with E-state index < -0.39 is 0 Å². The molecule has 0 unspecified atom stereocenters. The van der Waals surface area contributed by atoms with E-state index in [0.29, 0.717) is 11.5 Å². The van der Waals surface area contributed by atoms with Crippen molar-refractivity contribution < 1.29 is 4.79 Å². The van der Waals surface area contributed by atoms with Crippen LogP contribution in [0.15, 0.2) is 23.8 Å². The van der Waals surface area contributed by atoms with Gasteiger partial charge in [0.25, 0.3) is 0 Å². The summed E-state index contributed by atoms with van der Waals surface area (Å²) >= 11 is 1.42. The lowest BCUT2D eigenvalue weighted by Gasteiger charge is -2.06. The smallest absolute Gasteiger partial charge is 0.219 e. The predicted molar refractivity (Wildman–Crippen MR) is 88.6 cm³/mol. The van der Waals surface area contributed by atoms with E-state index in [2.05, 4.69) is 33.4 Å². The molecule has 0 saturated heterocycles. The number of thioether (sulfide) groups is 1. The predicted octanol–water partition coefficient (Wildman–Crippen LogP) is 5.77. The van der Waals surface area contributed by atoms with E-state index in [-0.39, 0.29) is 5.12 Å². The van der Waals surface area contributed by atoms with Crippen LogP contribution in [0.25, 0.3) is 0 Å². The molecule has 0 aromatic heterocycles. The lowest BCUT2D eigenvalue weighted by Crippen LogP contribution is -2.00. The molecule has 2 heteroatoms. The highest BCUT2D eigenvalue weighted by Crippen LogP contribution is 2.19. The highest BCUT2D eigenvalue weighted by Gasteiger charge is 2.09. The molecule has 0 aliphatic heterocycles. The number of unbranched alkanes of at least 4 members (excludes halogenated alkanes) is 5. The molecule has 0 aliphatic rings. The zero-order valence-electron chi connectivity index (χ0n) is 13.1. The van der Waals surface area contributed by atoms with Gasteiger partial charge in [0, 0.05) is 11.3 Å². The van der Waals surface area contributed by atoms with E-state index in [1.165, 1.54) is 43.9 Å². The first-order valence-corrected chi connectivity index (χ1v) is 8.52. The summed E-state index contributed by atoms with van der Waals surface area (Å²) in [5.41, 5.74) is 1.69. The Hall–Kier alpha value is -0.500. The molecule has 0 aromatic rings. The quantitative estimate of drug-likeness (QED) is 0.287. The van der Waals surface area contributed by atoms with Gasteiger partial charge < -0.3 is 0 Å². The van der Waals surface area contributed by atoms with Gasteiger partial charge in [-0.15, -0.1) is 0 Å². The fraction of sp³-hybridized carbons (Fsp3) is 0.706. The van der Waals surface area contributed by atoms with Crippen molar-refractivity contribution in [3.63, 3.8) is 0 Å². The van der Waals surface area contributed by atoms with Crippen molar-refractivity contribution in [2.75, 3.05) is 5.75 Å². The van der Waals surface area contributed by atoms with E-state index in [0.717, 1.165) is 17.7 Å². The van der Waals surface area contributed by atoms with Gasteiger partial charge in [0.05, 0.1) is 0 Å². The maximum absolute atomic E-state index is 11.9. The van der Waals surface area contributed by atoms with Crippen molar-refractivity contribution in [1.82, 2.24) is 0 Å². The van der Waals surface area contributed by atoms with Crippen molar-refractivity contribution in [2.45, 2.75) is 66.2 Å². The molecule has 0 spiro atoms. The first kappa shape index (κ1) is 18.5. The van der Waals surface area contributed by atoms with Crippen molar-refractivity contribution in [3.8, 4) is 0 Å². The molecule has 0 atom stereocenters. The molecular weight excluding hydrogens is 252 g/mol. The second-order valence-electron chi connectivity index (χ2n) is 5.48. The third-order valence-corrected chi connectivity index (χ3v) is 4.04. The molecule has 1 nitrogen and oxygen atoms in total. The van der Waals surface area contributed by atoms with Gasteiger partial charge in [-0.1, -0.05) is 77.3 Å². The fourth-order valence-corrected chi connectivity index (χ4v) is 2.77. The van der Waals surface area contributed by atoms with E-state index >= 15 is 0 Å². The normalized spacial score (nSPS) is 11.9. The number of allylic oxidation sites excluding steroid dienone is 2. The summed E-state index contributed by atoms with van der Waals surface area (Å²) in [7, 11) is 0. The Morgan fingerprint density at radius 1 is 1.16 bits per heavy atom. The molecule has 0 heterocycles. The zero-order valence-corrected chi connectivity index (χ0v) is 13.9. The van der Waals surface area contributed by atoms with Gasteiger partial charge >= 0.3 is 0 Å². The SMILES string of the molecule is C=C(C(=O)SCCCCCCCC)/C(C)=C/C(C)C. The highest BCUT2D eigenvalue weighted by molar-refractivity contribution is 8.14. The van der Waals surface area contributed by atoms with Gasteiger partial charge in [-0.3, -0.25) is 4.79 Å². The molecule has 0 saturated carbocycles. The molecule has 0 fully saturated rings. The summed E-state index contributed by atoms with van der Waals surface area (Å²) in [6.07, 6.45) is 9.74. The van der Waals surface area contributed by atoms with Crippen LogP contribution >= 0.6 is 11.8 Å². The Morgan fingerprint density at radius 3 is 2.32 bits per heavy atom. The van der Waals surface area contributed by atoms with Crippen LogP contribution in [0.5, 0.6) is 0 Å². The Balaban J connectivity index is 3.77. The van der Waals surface area contributed by atoms with Crippen LogP contribution in [-0.2, 0) is 4.79 Å². The highest BCUT2D eigenvalue weighted by atomic mass is 32.2. The minimum atomic E-state index is 0.142. The number of hydrogen-bond donors (Lipinski definition) is 0. The monoisotopic (exact) mass is 282 g/mol. The van der Waals surface area contributed by atoms with Crippen LogP contribution in [-0.4, -0.2) is 10.9 Å². The van der Waals surface area contributed by atoms with Crippen LogP contribution in [0.2, 0.25) is 0 Å². The molecule has 0 aliphatic carbocycles. The van der Waals surface area contributed by atoms with Crippen LogP contribution < -0.4 is 0 Å². The molecule has 0 radical (unpaired) electrons. The third kappa shape index (κ3) is 10.0. The van der Waals surface area contributed by atoms with Crippen molar-refractivity contribution in [2.24, 2.45) is 5.92 Å². The van der Waals surface area contributed by atoms with E-state index in [9.17, 15) is 4.79 Å². The van der Waals surface area contributed by atoms with Gasteiger partial charge in [-0.05, 0) is 24.8 Å². The Kier molecular flexibility index (Phi) is 11.0. The average Bonchev–Trinajstić information content (AvgIpc) is 2.35. The minimum absolute atomic E-state index is 0.142. The first-order valence-electron chi connectivity index (χ1n) is 7.53. The lowest BCUT2D eigenvalue weighted by atomic mass is 10.1. The summed E-state index contributed by atoms with van der Waals surface area (Å²) in [5, 5.41) is 0.142. The maximum atomic E-state index is 11.9. The Bertz CT molecular complexity index is 302. The summed E-state index contributed by atoms with van der Waals surface area (Å²) in [4.78, 5) is 11.9. The van der Waals surface area contributed by atoms with E-state index in [1.807, 2.05) is 6.92 Å². The minimum Gasteiger partial charge on any atom is -0.282 e. The van der Waals surface area contributed by atoms with Crippen LogP contribution in [0.3, 0.4) is 0 Å². The molecule has 0 aromatic carbocycles. The molecule has 0 N–H and O–H groups in total. The van der Waals surface area contributed by atoms with Crippen molar-refractivity contribution in [1.29, 1.82) is 0 Å². The van der Waals surface area contributed by atoms with Crippen LogP contribution in [0, 0.1) is 5.92 Å². The van der Waals surface area contributed by atoms with Gasteiger partial charge in [0.1, 0.15) is 0 Å². The average molecular weight is 282 g/mol. The topological polar surface area (TPSA) is 17.1 Å². The number of rotatable bonds is 10. The number of carbonyl (C=O) groups excluding carboxylic acids is 1. The molecule has 110 valence electrons. The molecule has 19 heavy (non-hydrogen) atoms.